The molecule has 2 aliphatic heterocycles. The van der Waals surface area contributed by atoms with Crippen LogP contribution in [0.15, 0.2) is 54.6 Å². The normalized spacial score (nSPS) is 21.6. The fraction of sp³-hybridized carbons (Fsp3) is 0.462. The summed E-state index contributed by atoms with van der Waals surface area (Å²) in [6, 6.07) is 18.9. The monoisotopic (exact) mass is 420 g/mol. The third-order valence-electron chi connectivity index (χ3n) is 6.60. The Kier molecular flexibility index (Phi) is 7.03. The molecule has 2 amide bonds. The van der Waals surface area contributed by atoms with Gasteiger partial charge in [0.15, 0.2) is 0 Å². The maximum Gasteiger partial charge on any atom is 0.220 e. The Morgan fingerprint density at radius 2 is 1.74 bits per heavy atom. The van der Waals surface area contributed by atoms with E-state index in [0.717, 1.165) is 45.4 Å². The number of carbonyl (C=O) groups excluding carboxylic acids is 2. The van der Waals surface area contributed by atoms with E-state index in [-0.39, 0.29) is 17.4 Å². The molecule has 2 N–H and O–H groups in total. The van der Waals surface area contributed by atoms with Gasteiger partial charge in [0.2, 0.25) is 11.8 Å². The lowest BCUT2D eigenvalue weighted by Gasteiger charge is -2.29. The van der Waals surface area contributed by atoms with Crippen molar-refractivity contribution in [2.24, 2.45) is 5.92 Å². The topological polar surface area (TPSA) is 67.4 Å². The molecule has 2 aliphatic rings. The summed E-state index contributed by atoms with van der Waals surface area (Å²) in [5, 5.41) is 6.27. The van der Waals surface area contributed by atoms with E-state index >= 15 is 0 Å². The first-order chi connectivity index (χ1) is 15.1. The van der Waals surface area contributed by atoms with Gasteiger partial charge in [-0.05, 0) is 54.7 Å². The average Bonchev–Trinajstić information content (AvgIpc) is 3.18. The molecular weight excluding hydrogens is 388 g/mol. The smallest absolute Gasteiger partial charge is 0.220 e. The Labute approximate surface area is 184 Å². The third-order valence-corrected chi connectivity index (χ3v) is 6.60. The van der Waals surface area contributed by atoms with Gasteiger partial charge in [-0.25, -0.2) is 0 Å². The zero-order chi connectivity index (χ0) is 21.5. The average molecular weight is 421 g/mol. The van der Waals surface area contributed by atoms with Gasteiger partial charge in [-0.2, -0.15) is 0 Å². The Morgan fingerprint density at radius 1 is 1.03 bits per heavy atom. The van der Waals surface area contributed by atoms with Crippen LogP contribution in [-0.4, -0.2) is 37.1 Å². The zero-order valence-electron chi connectivity index (χ0n) is 18.1. The largest absolute Gasteiger partial charge is 0.381 e. The van der Waals surface area contributed by atoms with Gasteiger partial charge in [-0.15, -0.1) is 0 Å². The van der Waals surface area contributed by atoms with Crippen molar-refractivity contribution in [2.45, 2.75) is 50.5 Å². The van der Waals surface area contributed by atoms with Gasteiger partial charge in [0, 0.05) is 38.1 Å². The minimum atomic E-state index is -0.332. The zero-order valence-corrected chi connectivity index (χ0v) is 18.1. The van der Waals surface area contributed by atoms with Crippen LogP contribution < -0.4 is 10.6 Å². The first-order valence-electron chi connectivity index (χ1n) is 11.4. The van der Waals surface area contributed by atoms with E-state index < -0.39 is 0 Å². The van der Waals surface area contributed by atoms with Crippen molar-refractivity contribution in [2.75, 3.05) is 19.8 Å². The number of amides is 2. The predicted octanol–water partition coefficient (Wildman–Crippen LogP) is 3.87. The van der Waals surface area contributed by atoms with Crippen LogP contribution in [0.1, 0.15) is 44.1 Å². The molecule has 0 saturated carbocycles. The molecule has 4 rings (SSSR count). The van der Waals surface area contributed by atoms with Gasteiger partial charge < -0.3 is 15.4 Å². The first-order valence-corrected chi connectivity index (χ1v) is 11.4. The van der Waals surface area contributed by atoms with Crippen molar-refractivity contribution in [1.82, 2.24) is 10.6 Å². The lowest BCUT2D eigenvalue weighted by atomic mass is 9.84. The molecule has 2 fully saturated rings. The van der Waals surface area contributed by atoms with Gasteiger partial charge >= 0.3 is 0 Å². The minimum Gasteiger partial charge on any atom is -0.381 e. The third kappa shape index (κ3) is 5.95. The summed E-state index contributed by atoms with van der Waals surface area (Å²) in [5.41, 5.74) is 3.23. The minimum absolute atomic E-state index is 0.0754. The standard InChI is InChI=1S/C26H32N2O3/c29-24(27-19-21-12-16-31-17-13-21)10-14-26(15-11-25(30)28-26)18-20-6-8-23(9-7-20)22-4-2-1-3-5-22/h1-9,21H,10-19H2,(H,27,29)(H,28,30)/t26-/m0/s1. The molecule has 2 aromatic carbocycles. The Balaban J connectivity index is 1.34. The van der Waals surface area contributed by atoms with Gasteiger partial charge in [0.25, 0.3) is 0 Å². The summed E-state index contributed by atoms with van der Waals surface area (Å²) in [4.78, 5) is 24.5. The summed E-state index contributed by atoms with van der Waals surface area (Å²) in [6.45, 7) is 2.31. The quantitative estimate of drug-likeness (QED) is 0.681. The van der Waals surface area contributed by atoms with Crippen LogP contribution in [0.2, 0.25) is 0 Å². The molecule has 0 unspecified atom stereocenters. The Morgan fingerprint density at radius 3 is 2.42 bits per heavy atom. The number of hydrogen-bond acceptors (Lipinski definition) is 3. The molecule has 0 aromatic heterocycles. The Hall–Kier alpha value is -2.66. The van der Waals surface area contributed by atoms with Crippen molar-refractivity contribution in [3.63, 3.8) is 0 Å². The van der Waals surface area contributed by atoms with Crippen molar-refractivity contribution >= 4 is 11.8 Å². The van der Waals surface area contributed by atoms with Crippen molar-refractivity contribution < 1.29 is 14.3 Å². The van der Waals surface area contributed by atoms with Crippen LogP contribution in [0.5, 0.6) is 0 Å². The van der Waals surface area contributed by atoms with E-state index in [4.69, 9.17) is 4.74 Å². The fourth-order valence-corrected chi connectivity index (χ4v) is 4.67. The number of benzene rings is 2. The summed E-state index contributed by atoms with van der Waals surface area (Å²) in [5.74, 6) is 0.677. The first kappa shape index (κ1) is 21.6. The molecule has 2 aromatic rings. The van der Waals surface area contributed by atoms with Gasteiger partial charge in [0.05, 0.1) is 0 Å². The highest BCUT2D eigenvalue weighted by molar-refractivity contribution is 5.80. The molecular formula is C26H32N2O3. The van der Waals surface area contributed by atoms with Crippen LogP contribution in [-0.2, 0) is 20.7 Å². The van der Waals surface area contributed by atoms with Gasteiger partial charge in [-0.3, -0.25) is 9.59 Å². The fourth-order valence-electron chi connectivity index (χ4n) is 4.67. The second kappa shape index (κ2) is 10.1. The Bertz CT molecular complexity index is 875. The van der Waals surface area contributed by atoms with Crippen LogP contribution in [0, 0.1) is 5.92 Å². The molecule has 5 heteroatoms. The second-order valence-corrected chi connectivity index (χ2v) is 8.93. The maximum absolute atomic E-state index is 12.5. The number of rotatable bonds is 8. The highest BCUT2D eigenvalue weighted by Crippen LogP contribution is 2.30. The van der Waals surface area contributed by atoms with Crippen molar-refractivity contribution in [1.29, 1.82) is 0 Å². The van der Waals surface area contributed by atoms with Crippen LogP contribution in [0.3, 0.4) is 0 Å². The maximum atomic E-state index is 12.5. The van der Waals surface area contributed by atoms with E-state index in [0.29, 0.717) is 25.2 Å². The molecule has 5 nitrogen and oxygen atoms in total. The molecule has 0 bridgehead atoms. The van der Waals surface area contributed by atoms with Gasteiger partial charge in [0.1, 0.15) is 0 Å². The van der Waals surface area contributed by atoms with Crippen LogP contribution >= 0.6 is 0 Å². The molecule has 0 radical (unpaired) electrons. The van der Waals surface area contributed by atoms with Gasteiger partial charge in [-0.1, -0.05) is 54.6 Å². The lowest BCUT2D eigenvalue weighted by Crippen LogP contribution is -2.44. The molecule has 2 heterocycles. The summed E-state index contributed by atoms with van der Waals surface area (Å²) in [6.07, 6.45) is 5.19. The summed E-state index contributed by atoms with van der Waals surface area (Å²) < 4.78 is 5.38. The molecule has 31 heavy (non-hydrogen) atoms. The highest BCUT2D eigenvalue weighted by Gasteiger charge is 2.37. The molecule has 0 spiro atoms. The molecule has 164 valence electrons. The number of nitrogens with one attached hydrogen (secondary N) is 2. The number of ether oxygens (including phenoxy) is 1. The number of hydrogen-bond donors (Lipinski definition) is 2. The van der Waals surface area contributed by atoms with Crippen molar-refractivity contribution in [3.8, 4) is 11.1 Å². The molecule has 1 atom stereocenters. The van der Waals surface area contributed by atoms with E-state index in [9.17, 15) is 9.59 Å². The van der Waals surface area contributed by atoms with Crippen molar-refractivity contribution in [3.05, 3.63) is 60.2 Å². The number of carbonyl (C=O) groups is 2. The van der Waals surface area contributed by atoms with E-state index in [2.05, 4.69) is 47.0 Å². The lowest BCUT2D eigenvalue weighted by molar-refractivity contribution is -0.123. The molecule has 2 saturated heterocycles. The van der Waals surface area contributed by atoms with E-state index in [1.807, 2.05) is 18.2 Å². The van der Waals surface area contributed by atoms with E-state index in [1.54, 1.807) is 0 Å². The highest BCUT2D eigenvalue weighted by atomic mass is 16.5. The van der Waals surface area contributed by atoms with Crippen LogP contribution in [0.4, 0.5) is 0 Å². The van der Waals surface area contributed by atoms with Crippen LogP contribution in [0.25, 0.3) is 11.1 Å². The molecule has 0 aliphatic carbocycles. The second-order valence-electron chi connectivity index (χ2n) is 8.93. The van der Waals surface area contributed by atoms with E-state index in [1.165, 1.54) is 16.7 Å². The summed E-state index contributed by atoms with van der Waals surface area (Å²) >= 11 is 0. The predicted molar refractivity (Wildman–Crippen MR) is 121 cm³/mol. The summed E-state index contributed by atoms with van der Waals surface area (Å²) in [7, 11) is 0. The SMILES string of the molecule is O=C(CC[C@@]1(Cc2ccc(-c3ccccc3)cc2)CCC(=O)N1)NCC1CCOCC1.